The molecule has 7 heteroatoms. The van der Waals surface area contributed by atoms with Crippen molar-refractivity contribution in [2.24, 2.45) is 0 Å². The number of nitrogens with zero attached hydrogens (tertiary/aromatic N) is 2. The molecule has 2 rings (SSSR count). The Morgan fingerprint density at radius 2 is 1.95 bits per heavy atom. The number of hydrogen-bond donors (Lipinski definition) is 1. The fourth-order valence-electron chi connectivity index (χ4n) is 1.72. The molecule has 0 fully saturated rings. The van der Waals surface area contributed by atoms with Gasteiger partial charge in [0.1, 0.15) is 5.69 Å². The Bertz CT molecular complexity index is 664. The van der Waals surface area contributed by atoms with Crippen LogP contribution in [0.15, 0.2) is 30.5 Å². The molecular weight excluding hydrogens is 397 g/mol. The molecule has 1 N–H and O–H groups in total. The number of aromatic nitrogens is 2. The van der Waals surface area contributed by atoms with Gasteiger partial charge in [0.15, 0.2) is 0 Å². The van der Waals surface area contributed by atoms with Gasteiger partial charge >= 0.3 is 6.01 Å². The highest BCUT2D eigenvalue weighted by molar-refractivity contribution is 14.1. The third-order valence-corrected chi connectivity index (χ3v) is 3.59. The van der Waals surface area contributed by atoms with E-state index in [9.17, 15) is 4.79 Å². The fraction of sp³-hybridized carbons (Fsp3) is 0.267. The van der Waals surface area contributed by atoms with Crippen LogP contribution in [0, 0.1) is 3.57 Å². The van der Waals surface area contributed by atoms with Crippen molar-refractivity contribution in [2.45, 2.75) is 13.8 Å². The van der Waals surface area contributed by atoms with Gasteiger partial charge in [-0.15, -0.1) is 0 Å². The molecule has 22 heavy (non-hydrogen) atoms. The second-order valence-electron chi connectivity index (χ2n) is 4.17. The maximum Gasteiger partial charge on any atom is 0.319 e. The van der Waals surface area contributed by atoms with E-state index in [1.54, 1.807) is 6.07 Å². The molecule has 0 aliphatic rings. The van der Waals surface area contributed by atoms with Gasteiger partial charge in [0.25, 0.3) is 5.91 Å². The Hall–Kier alpha value is -1.90. The lowest BCUT2D eigenvalue weighted by molar-refractivity contribution is 0.102. The zero-order valence-electron chi connectivity index (χ0n) is 12.3. The first-order chi connectivity index (χ1) is 10.7. The van der Waals surface area contributed by atoms with Gasteiger partial charge in [0.2, 0.25) is 5.88 Å². The molecule has 1 heterocycles. The SMILES string of the molecule is CCOc1ncc(NC(=O)c2ccccc2I)c(OCC)n1. The molecule has 0 atom stereocenters. The summed E-state index contributed by atoms with van der Waals surface area (Å²) in [5.41, 5.74) is 0.995. The van der Waals surface area contributed by atoms with Crippen LogP contribution in [0.1, 0.15) is 24.2 Å². The van der Waals surface area contributed by atoms with E-state index in [-0.39, 0.29) is 11.9 Å². The maximum absolute atomic E-state index is 12.3. The Balaban J connectivity index is 2.24. The Labute approximate surface area is 142 Å². The van der Waals surface area contributed by atoms with Crippen molar-refractivity contribution in [3.63, 3.8) is 0 Å². The molecule has 0 radical (unpaired) electrons. The molecule has 0 aliphatic heterocycles. The van der Waals surface area contributed by atoms with Gasteiger partial charge in [0, 0.05) is 3.57 Å². The van der Waals surface area contributed by atoms with Crippen LogP contribution in [0.3, 0.4) is 0 Å². The van der Waals surface area contributed by atoms with Crippen molar-refractivity contribution in [1.29, 1.82) is 0 Å². The Kier molecular flexibility index (Phi) is 5.93. The average molecular weight is 413 g/mol. The molecule has 1 aromatic heterocycles. The van der Waals surface area contributed by atoms with Crippen LogP contribution >= 0.6 is 22.6 Å². The number of amides is 1. The summed E-state index contributed by atoms with van der Waals surface area (Å²) in [6.07, 6.45) is 1.48. The van der Waals surface area contributed by atoms with Crippen molar-refractivity contribution in [3.05, 3.63) is 39.6 Å². The van der Waals surface area contributed by atoms with Crippen LogP contribution in [0.25, 0.3) is 0 Å². The number of ether oxygens (including phenoxy) is 2. The first-order valence-corrected chi connectivity index (χ1v) is 7.92. The summed E-state index contributed by atoms with van der Waals surface area (Å²) in [4.78, 5) is 20.5. The van der Waals surface area contributed by atoms with E-state index in [1.807, 2.05) is 32.0 Å². The predicted octanol–water partition coefficient (Wildman–Crippen LogP) is 3.13. The number of benzene rings is 1. The maximum atomic E-state index is 12.3. The standard InChI is InChI=1S/C15H16IN3O3/c1-3-21-14-12(9-17-15(19-14)22-4-2)18-13(20)10-7-5-6-8-11(10)16/h5-9H,3-4H2,1-2H3,(H,18,20). The first-order valence-electron chi connectivity index (χ1n) is 6.84. The molecule has 2 aromatic rings. The minimum atomic E-state index is -0.237. The van der Waals surface area contributed by atoms with Crippen LogP contribution in [0.2, 0.25) is 0 Å². The lowest BCUT2D eigenvalue weighted by Gasteiger charge is -2.12. The summed E-state index contributed by atoms with van der Waals surface area (Å²) >= 11 is 2.12. The number of hydrogen-bond acceptors (Lipinski definition) is 5. The van der Waals surface area contributed by atoms with Crippen LogP contribution in [-0.4, -0.2) is 29.1 Å². The molecule has 0 bridgehead atoms. The highest BCUT2D eigenvalue weighted by Crippen LogP contribution is 2.24. The molecule has 0 saturated heterocycles. The van der Waals surface area contributed by atoms with E-state index in [2.05, 4.69) is 37.9 Å². The van der Waals surface area contributed by atoms with Gasteiger partial charge in [0.05, 0.1) is 25.0 Å². The van der Waals surface area contributed by atoms with Crippen molar-refractivity contribution in [3.8, 4) is 11.9 Å². The summed E-state index contributed by atoms with van der Waals surface area (Å²) in [7, 11) is 0. The molecule has 1 aromatic carbocycles. The van der Waals surface area contributed by atoms with Crippen LogP contribution in [-0.2, 0) is 0 Å². The minimum Gasteiger partial charge on any atom is -0.476 e. The van der Waals surface area contributed by atoms with Gasteiger partial charge in [-0.1, -0.05) is 12.1 Å². The second-order valence-corrected chi connectivity index (χ2v) is 5.33. The van der Waals surface area contributed by atoms with Crippen molar-refractivity contribution in [1.82, 2.24) is 9.97 Å². The van der Waals surface area contributed by atoms with Gasteiger partial charge in [-0.25, -0.2) is 4.98 Å². The zero-order valence-corrected chi connectivity index (χ0v) is 14.5. The van der Waals surface area contributed by atoms with E-state index in [1.165, 1.54) is 6.20 Å². The smallest absolute Gasteiger partial charge is 0.319 e. The summed E-state index contributed by atoms with van der Waals surface area (Å²) in [6, 6.07) is 7.54. The number of rotatable bonds is 6. The highest BCUT2D eigenvalue weighted by Gasteiger charge is 2.15. The molecule has 0 unspecified atom stereocenters. The van der Waals surface area contributed by atoms with Crippen molar-refractivity contribution < 1.29 is 14.3 Å². The summed E-state index contributed by atoms with van der Waals surface area (Å²) < 4.78 is 11.5. The number of nitrogens with one attached hydrogen (secondary N) is 1. The molecule has 6 nitrogen and oxygen atoms in total. The lowest BCUT2D eigenvalue weighted by atomic mass is 10.2. The average Bonchev–Trinajstić information content (AvgIpc) is 2.51. The zero-order chi connectivity index (χ0) is 15.9. The van der Waals surface area contributed by atoms with E-state index in [4.69, 9.17) is 9.47 Å². The van der Waals surface area contributed by atoms with E-state index < -0.39 is 0 Å². The van der Waals surface area contributed by atoms with Gasteiger partial charge < -0.3 is 14.8 Å². The Morgan fingerprint density at radius 3 is 2.64 bits per heavy atom. The van der Waals surface area contributed by atoms with Crippen molar-refractivity contribution >= 4 is 34.2 Å². The normalized spacial score (nSPS) is 10.1. The van der Waals surface area contributed by atoms with Gasteiger partial charge in [-0.2, -0.15) is 4.98 Å². The highest BCUT2D eigenvalue weighted by atomic mass is 127. The van der Waals surface area contributed by atoms with E-state index in [0.717, 1.165) is 3.57 Å². The quantitative estimate of drug-likeness (QED) is 0.737. The number of anilines is 1. The molecule has 116 valence electrons. The van der Waals surface area contributed by atoms with Crippen LogP contribution < -0.4 is 14.8 Å². The molecule has 1 amide bonds. The fourth-order valence-corrected chi connectivity index (χ4v) is 2.35. The molecular formula is C15H16IN3O3. The third kappa shape index (κ3) is 4.06. The largest absolute Gasteiger partial charge is 0.476 e. The first kappa shape index (κ1) is 16.5. The van der Waals surface area contributed by atoms with Gasteiger partial charge in [-0.3, -0.25) is 4.79 Å². The summed E-state index contributed by atoms with van der Waals surface area (Å²) in [5.74, 6) is 0.0546. The molecule has 0 saturated carbocycles. The molecule has 0 spiro atoms. The third-order valence-electron chi connectivity index (χ3n) is 2.65. The number of halogens is 1. The van der Waals surface area contributed by atoms with E-state index >= 15 is 0 Å². The van der Waals surface area contributed by atoms with Crippen LogP contribution in [0.4, 0.5) is 5.69 Å². The van der Waals surface area contributed by atoms with E-state index in [0.29, 0.717) is 30.3 Å². The topological polar surface area (TPSA) is 73.3 Å². The lowest BCUT2D eigenvalue weighted by Crippen LogP contribution is -2.15. The monoisotopic (exact) mass is 413 g/mol. The minimum absolute atomic E-state index is 0.221. The second kappa shape index (κ2) is 7.92. The summed E-state index contributed by atoms with van der Waals surface area (Å²) in [6.45, 7) is 4.57. The van der Waals surface area contributed by atoms with Gasteiger partial charge in [-0.05, 0) is 48.6 Å². The number of carbonyl (C=O) groups excluding carboxylic acids is 1. The number of carbonyl (C=O) groups is 1. The Morgan fingerprint density at radius 1 is 1.23 bits per heavy atom. The van der Waals surface area contributed by atoms with Crippen LogP contribution in [0.5, 0.6) is 11.9 Å². The van der Waals surface area contributed by atoms with Crippen molar-refractivity contribution in [2.75, 3.05) is 18.5 Å². The molecule has 0 aliphatic carbocycles. The predicted molar refractivity (Wildman–Crippen MR) is 91.5 cm³/mol. The summed E-state index contributed by atoms with van der Waals surface area (Å²) in [5, 5.41) is 2.77.